The second-order valence-electron chi connectivity index (χ2n) is 6.14. The van der Waals surface area contributed by atoms with Crippen LogP contribution in [0.15, 0.2) is 24.3 Å². The Labute approximate surface area is 125 Å². The number of aryl methyl sites for hydroxylation is 2. The van der Waals surface area contributed by atoms with Gasteiger partial charge in [-0.05, 0) is 31.4 Å². The van der Waals surface area contributed by atoms with Crippen LogP contribution in [-0.4, -0.2) is 9.97 Å². The van der Waals surface area contributed by atoms with Crippen molar-refractivity contribution in [3.05, 3.63) is 46.8 Å². The number of ether oxygens (including phenoxy) is 1. The fourth-order valence-corrected chi connectivity index (χ4v) is 2.06. The number of benzene rings is 1. The maximum absolute atomic E-state index is 8.98. The molecule has 0 aliphatic heterocycles. The lowest BCUT2D eigenvalue weighted by molar-refractivity contribution is 0.420. The lowest BCUT2D eigenvalue weighted by Crippen LogP contribution is -2.13. The van der Waals surface area contributed by atoms with Crippen LogP contribution in [0.3, 0.4) is 0 Å². The van der Waals surface area contributed by atoms with E-state index in [4.69, 9.17) is 10.00 Å². The van der Waals surface area contributed by atoms with Crippen molar-refractivity contribution in [3.63, 3.8) is 0 Å². The Hall–Kier alpha value is -2.41. The van der Waals surface area contributed by atoms with E-state index in [0.29, 0.717) is 11.4 Å². The molecule has 1 aromatic carbocycles. The summed E-state index contributed by atoms with van der Waals surface area (Å²) in [6, 6.07) is 9.88. The summed E-state index contributed by atoms with van der Waals surface area (Å²) in [5, 5.41) is 8.98. The van der Waals surface area contributed by atoms with E-state index >= 15 is 0 Å². The van der Waals surface area contributed by atoms with E-state index in [1.54, 1.807) is 6.07 Å². The van der Waals surface area contributed by atoms with Gasteiger partial charge in [-0.25, -0.2) is 4.98 Å². The van der Waals surface area contributed by atoms with Gasteiger partial charge in [0.15, 0.2) is 0 Å². The van der Waals surface area contributed by atoms with E-state index in [2.05, 4.69) is 43.7 Å². The predicted octanol–water partition coefficient (Wildman–Crippen LogP) is 4.05. The quantitative estimate of drug-likeness (QED) is 0.833. The first-order valence-corrected chi connectivity index (χ1v) is 6.84. The van der Waals surface area contributed by atoms with Gasteiger partial charge in [-0.3, -0.25) is 0 Å². The van der Waals surface area contributed by atoms with Crippen LogP contribution in [0.1, 0.15) is 43.3 Å². The van der Waals surface area contributed by atoms with Crippen molar-refractivity contribution in [3.8, 4) is 17.8 Å². The zero-order chi connectivity index (χ0) is 15.6. The van der Waals surface area contributed by atoms with Crippen LogP contribution in [0, 0.1) is 25.2 Å². The predicted molar refractivity (Wildman–Crippen MR) is 81.4 cm³/mol. The number of hydrogen-bond acceptors (Lipinski definition) is 4. The van der Waals surface area contributed by atoms with Gasteiger partial charge in [-0.2, -0.15) is 10.2 Å². The third kappa shape index (κ3) is 3.57. The highest BCUT2D eigenvalue weighted by molar-refractivity contribution is 5.42. The summed E-state index contributed by atoms with van der Waals surface area (Å²) in [7, 11) is 0. The molecule has 2 rings (SSSR count). The molecular formula is C17H19N3O. The van der Waals surface area contributed by atoms with E-state index in [9.17, 15) is 0 Å². The Balaban J connectivity index is 2.45. The lowest BCUT2D eigenvalue weighted by atomic mass is 9.85. The minimum Gasteiger partial charge on any atom is -0.424 e. The van der Waals surface area contributed by atoms with E-state index in [1.807, 2.05) is 25.1 Å². The summed E-state index contributed by atoms with van der Waals surface area (Å²) in [4.78, 5) is 8.34. The zero-order valence-electron chi connectivity index (χ0n) is 13.1. The van der Waals surface area contributed by atoms with Gasteiger partial charge in [0.25, 0.3) is 0 Å². The van der Waals surface area contributed by atoms with Crippen molar-refractivity contribution >= 4 is 0 Å². The third-order valence-corrected chi connectivity index (χ3v) is 3.09. The van der Waals surface area contributed by atoms with E-state index in [0.717, 1.165) is 11.3 Å². The number of nitriles is 1. The molecule has 1 aromatic heterocycles. The van der Waals surface area contributed by atoms with Crippen molar-refractivity contribution < 1.29 is 4.74 Å². The molecule has 4 heteroatoms. The van der Waals surface area contributed by atoms with Crippen LogP contribution in [0.2, 0.25) is 0 Å². The molecular weight excluding hydrogens is 262 g/mol. The molecule has 0 N–H and O–H groups in total. The van der Waals surface area contributed by atoms with Crippen molar-refractivity contribution in [2.75, 3.05) is 0 Å². The summed E-state index contributed by atoms with van der Waals surface area (Å²) in [5.41, 5.74) is 3.23. The fraction of sp³-hybridized carbons (Fsp3) is 0.353. The zero-order valence-corrected chi connectivity index (χ0v) is 13.1. The maximum Gasteiger partial charge on any atom is 0.323 e. The van der Waals surface area contributed by atoms with Gasteiger partial charge < -0.3 is 4.74 Å². The number of rotatable bonds is 2. The topological polar surface area (TPSA) is 58.8 Å². The SMILES string of the molecule is Cc1ccc(Oc2nc(C)cc(C#N)n2)c(C(C)(C)C)c1. The van der Waals surface area contributed by atoms with Gasteiger partial charge in [0, 0.05) is 11.3 Å². The van der Waals surface area contributed by atoms with Crippen LogP contribution in [0.4, 0.5) is 0 Å². The van der Waals surface area contributed by atoms with Crippen LogP contribution in [-0.2, 0) is 5.41 Å². The van der Waals surface area contributed by atoms with Gasteiger partial charge in [0.2, 0.25) is 0 Å². The van der Waals surface area contributed by atoms with Gasteiger partial charge in [-0.1, -0.05) is 38.5 Å². The standard InChI is InChI=1S/C17H19N3O/c1-11-6-7-15(14(8-11)17(3,4)5)21-16-19-12(2)9-13(10-18)20-16/h6-9H,1-5H3. The molecule has 0 aliphatic rings. The van der Waals surface area contributed by atoms with Crippen LogP contribution < -0.4 is 4.74 Å². The Morgan fingerprint density at radius 3 is 2.43 bits per heavy atom. The molecule has 0 saturated heterocycles. The molecule has 1 heterocycles. The molecule has 0 radical (unpaired) electrons. The largest absolute Gasteiger partial charge is 0.424 e. The maximum atomic E-state index is 8.98. The van der Waals surface area contributed by atoms with Gasteiger partial charge in [0.1, 0.15) is 17.5 Å². The monoisotopic (exact) mass is 281 g/mol. The summed E-state index contributed by atoms with van der Waals surface area (Å²) < 4.78 is 5.84. The molecule has 0 saturated carbocycles. The fourth-order valence-electron chi connectivity index (χ4n) is 2.06. The molecule has 0 aliphatic carbocycles. The molecule has 0 unspecified atom stereocenters. The van der Waals surface area contributed by atoms with Crippen molar-refractivity contribution in [2.45, 2.75) is 40.0 Å². The number of aromatic nitrogens is 2. The van der Waals surface area contributed by atoms with Crippen LogP contribution in [0.25, 0.3) is 0 Å². The highest BCUT2D eigenvalue weighted by Gasteiger charge is 2.20. The summed E-state index contributed by atoms with van der Waals surface area (Å²) >= 11 is 0. The second-order valence-corrected chi connectivity index (χ2v) is 6.14. The van der Waals surface area contributed by atoms with Crippen molar-refractivity contribution in [1.82, 2.24) is 9.97 Å². The molecule has 0 fully saturated rings. The second kappa shape index (κ2) is 5.53. The van der Waals surface area contributed by atoms with E-state index in [-0.39, 0.29) is 11.4 Å². The first-order valence-electron chi connectivity index (χ1n) is 6.84. The highest BCUT2D eigenvalue weighted by atomic mass is 16.5. The van der Waals surface area contributed by atoms with Crippen molar-refractivity contribution in [2.24, 2.45) is 0 Å². The molecule has 108 valence electrons. The number of nitrogens with zero attached hydrogens (tertiary/aromatic N) is 3. The smallest absolute Gasteiger partial charge is 0.323 e. The number of hydrogen-bond donors (Lipinski definition) is 0. The normalized spacial score (nSPS) is 11.0. The van der Waals surface area contributed by atoms with Crippen molar-refractivity contribution in [1.29, 1.82) is 5.26 Å². The summed E-state index contributed by atoms with van der Waals surface area (Å²) in [6.45, 7) is 10.3. The molecule has 0 atom stereocenters. The Morgan fingerprint density at radius 2 is 1.81 bits per heavy atom. The molecule has 0 spiro atoms. The average molecular weight is 281 g/mol. The summed E-state index contributed by atoms with van der Waals surface area (Å²) in [5.74, 6) is 0.725. The molecule has 0 bridgehead atoms. The van der Waals surface area contributed by atoms with Crippen LogP contribution in [0.5, 0.6) is 11.8 Å². The third-order valence-electron chi connectivity index (χ3n) is 3.09. The van der Waals surface area contributed by atoms with E-state index in [1.165, 1.54) is 5.56 Å². The van der Waals surface area contributed by atoms with Crippen LogP contribution >= 0.6 is 0 Å². The molecule has 0 amide bonds. The minimum atomic E-state index is -0.0523. The summed E-state index contributed by atoms with van der Waals surface area (Å²) in [6.07, 6.45) is 0. The molecule has 21 heavy (non-hydrogen) atoms. The Bertz CT molecular complexity index is 709. The van der Waals surface area contributed by atoms with Gasteiger partial charge in [0.05, 0.1) is 0 Å². The minimum absolute atomic E-state index is 0.0523. The van der Waals surface area contributed by atoms with E-state index < -0.39 is 0 Å². The average Bonchev–Trinajstić information content (AvgIpc) is 2.39. The Morgan fingerprint density at radius 1 is 1.10 bits per heavy atom. The lowest BCUT2D eigenvalue weighted by Gasteiger charge is -2.22. The van der Waals surface area contributed by atoms with Gasteiger partial charge in [-0.15, -0.1) is 0 Å². The molecule has 2 aromatic rings. The Kier molecular flexibility index (Phi) is 3.95. The first kappa shape index (κ1) is 15.0. The molecule has 4 nitrogen and oxygen atoms in total. The highest BCUT2D eigenvalue weighted by Crippen LogP contribution is 2.34. The first-order chi connectivity index (χ1) is 9.79. The van der Waals surface area contributed by atoms with Gasteiger partial charge >= 0.3 is 6.01 Å².